The number of hydrogen-bond acceptors (Lipinski definition) is 3. The van der Waals surface area contributed by atoms with E-state index in [0.29, 0.717) is 18.8 Å². The highest BCUT2D eigenvalue weighted by molar-refractivity contribution is 5.76. The Labute approximate surface area is 127 Å². The fourth-order valence-electron chi connectivity index (χ4n) is 2.92. The zero-order valence-corrected chi connectivity index (χ0v) is 12.8. The predicted molar refractivity (Wildman–Crippen MR) is 84.3 cm³/mol. The van der Waals surface area contributed by atoms with Gasteiger partial charge < -0.3 is 15.3 Å². The molecular formula is C17H26N2O2. The van der Waals surface area contributed by atoms with Crippen LogP contribution < -0.4 is 5.32 Å². The maximum Gasteiger partial charge on any atom is 0.220 e. The normalized spacial score (nSPS) is 19.4. The van der Waals surface area contributed by atoms with Crippen molar-refractivity contribution in [3.05, 3.63) is 29.8 Å². The number of benzene rings is 1. The van der Waals surface area contributed by atoms with Gasteiger partial charge in [0.1, 0.15) is 5.75 Å². The number of carbonyl (C=O) groups is 1. The van der Waals surface area contributed by atoms with Crippen molar-refractivity contribution in [1.82, 2.24) is 10.2 Å². The minimum Gasteiger partial charge on any atom is -0.508 e. The Morgan fingerprint density at radius 1 is 1.43 bits per heavy atom. The fourth-order valence-corrected chi connectivity index (χ4v) is 2.92. The summed E-state index contributed by atoms with van der Waals surface area (Å²) >= 11 is 0. The zero-order valence-electron chi connectivity index (χ0n) is 12.8. The molecule has 1 atom stereocenters. The largest absolute Gasteiger partial charge is 0.508 e. The van der Waals surface area contributed by atoms with Crippen LogP contribution in [0.3, 0.4) is 0 Å². The maximum atomic E-state index is 11.9. The first-order valence-electron chi connectivity index (χ1n) is 7.95. The molecule has 4 heteroatoms. The highest BCUT2D eigenvalue weighted by Crippen LogP contribution is 2.17. The molecular weight excluding hydrogens is 264 g/mol. The van der Waals surface area contributed by atoms with Gasteiger partial charge in [-0.3, -0.25) is 4.79 Å². The van der Waals surface area contributed by atoms with Gasteiger partial charge in [0.25, 0.3) is 0 Å². The highest BCUT2D eigenvalue weighted by Gasteiger charge is 2.19. The summed E-state index contributed by atoms with van der Waals surface area (Å²) in [6, 6.07) is 7.20. The number of hydrogen-bond donors (Lipinski definition) is 2. The van der Waals surface area contributed by atoms with E-state index in [1.54, 1.807) is 12.1 Å². The number of amides is 1. The first-order valence-corrected chi connectivity index (χ1v) is 7.95. The van der Waals surface area contributed by atoms with Crippen LogP contribution in [0, 0.1) is 5.92 Å². The van der Waals surface area contributed by atoms with Gasteiger partial charge in [-0.1, -0.05) is 25.1 Å². The molecule has 1 aliphatic rings. The summed E-state index contributed by atoms with van der Waals surface area (Å²) in [6.07, 6.45) is 3.45. The molecule has 0 radical (unpaired) electrons. The molecule has 4 nitrogen and oxygen atoms in total. The Bertz CT molecular complexity index is 462. The minimum absolute atomic E-state index is 0.0758. The summed E-state index contributed by atoms with van der Waals surface area (Å²) in [4.78, 5) is 14.4. The summed E-state index contributed by atoms with van der Waals surface area (Å²) in [5, 5.41) is 12.7. The molecule has 0 spiro atoms. The van der Waals surface area contributed by atoms with Crippen LogP contribution in [0.5, 0.6) is 5.75 Å². The standard InChI is InChI=1S/C17H26N2O2/c1-2-19-11-5-6-14(13-19)12-18-17(21)10-9-15-7-3-4-8-16(15)20/h3-4,7-8,14,20H,2,5-6,9-13H2,1H3,(H,18,21)/t14-/m0/s1. The second-order valence-corrected chi connectivity index (χ2v) is 5.83. The Morgan fingerprint density at radius 3 is 3.00 bits per heavy atom. The van der Waals surface area contributed by atoms with Gasteiger partial charge in [-0.15, -0.1) is 0 Å². The average Bonchev–Trinajstić information content (AvgIpc) is 2.52. The van der Waals surface area contributed by atoms with Crippen LogP contribution in [-0.2, 0) is 11.2 Å². The number of piperidine rings is 1. The second kappa shape index (κ2) is 8.03. The van der Waals surface area contributed by atoms with Crippen LogP contribution >= 0.6 is 0 Å². The average molecular weight is 290 g/mol. The summed E-state index contributed by atoms with van der Waals surface area (Å²) in [7, 11) is 0. The topological polar surface area (TPSA) is 52.6 Å². The van der Waals surface area contributed by atoms with Gasteiger partial charge in [-0.2, -0.15) is 0 Å². The number of rotatable bonds is 6. The Kier molecular flexibility index (Phi) is 6.05. The summed E-state index contributed by atoms with van der Waals surface area (Å²) in [5.74, 6) is 0.927. The number of para-hydroxylation sites is 1. The van der Waals surface area contributed by atoms with Gasteiger partial charge in [0, 0.05) is 19.5 Å². The van der Waals surface area contributed by atoms with E-state index < -0.39 is 0 Å². The number of likely N-dealkylation sites (tertiary alicyclic amines) is 1. The summed E-state index contributed by atoms with van der Waals surface area (Å²) < 4.78 is 0. The molecule has 21 heavy (non-hydrogen) atoms. The monoisotopic (exact) mass is 290 g/mol. The first-order chi connectivity index (χ1) is 10.2. The van der Waals surface area contributed by atoms with E-state index in [2.05, 4.69) is 17.1 Å². The quantitative estimate of drug-likeness (QED) is 0.844. The molecule has 1 fully saturated rings. The van der Waals surface area contributed by atoms with Crippen LogP contribution in [0.1, 0.15) is 31.7 Å². The molecule has 1 aromatic carbocycles. The third-order valence-electron chi connectivity index (χ3n) is 4.25. The second-order valence-electron chi connectivity index (χ2n) is 5.83. The van der Waals surface area contributed by atoms with Crippen molar-refractivity contribution in [2.45, 2.75) is 32.6 Å². The van der Waals surface area contributed by atoms with Crippen LogP contribution in [0.2, 0.25) is 0 Å². The van der Waals surface area contributed by atoms with Gasteiger partial charge in [-0.05, 0) is 49.9 Å². The van der Waals surface area contributed by atoms with Crippen LogP contribution in [0.4, 0.5) is 0 Å². The van der Waals surface area contributed by atoms with Crippen LogP contribution in [0.15, 0.2) is 24.3 Å². The molecule has 1 aromatic rings. The number of nitrogens with one attached hydrogen (secondary N) is 1. The Balaban J connectivity index is 1.69. The van der Waals surface area contributed by atoms with E-state index >= 15 is 0 Å². The van der Waals surface area contributed by atoms with Gasteiger partial charge in [0.05, 0.1) is 0 Å². The molecule has 1 saturated heterocycles. The molecule has 0 aromatic heterocycles. The van der Waals surface area contributed by atoms with Crippen molar-refractivity contribution < 1.29 is 9.90 Å². The van der Waals surface area contributed by atoms with E-state index in [4.69, 9.17) is 0 Å². The Hall–Kier alpha value is -1.55. The molecule has 1 amide bonds. The van der Waals surface area contributed by atoms with Gasteiger partial charge in [-0.25, -0.2) is 0 Å². The first kappa shape index (κ1) is 15.8. The summed E-state index contributed by atoms with van der Waals surface area (Å²) in [6.45, 7) is 6.34. The number of phenolic OH excluding ortho intramolecular Hbond substituents is 1. The minimum atomic E-state index is 0.0758. The molecule has 0 aliphatic carbocycles. The van der Waals surface area contributed by atoms with Gasteiger partial charge in [0.2, 0.25) is 5.91 Å². The van der Waals surface area contributed by atoms with Gasteiger partial charge >= 0.3 is 0 Å². The Morgan fingerprint density at radius 2 is 2.24 bits per heavy atom. The van der Waals surface area contributed by atoms with Crippen molar-refractivity contribution in [2.24, 2.45) is 5.92 Å². The molecule has 0 unspecified atom stereocenters. The van der Waals surface area contributed by atoms with Crippen molar-refractivity contribution >= 4 is 5.91 Å². The van der Waals surface area contributed by atoms with Crippen molar-refractivity contribution in [3.8, 4) is 5.75 Å². The highest BCUT2D eigenvalue weighted by atomic mass is 16.3. The van der Waals surface area contributed by atoms with E-state index in [9.17, 15) is 9.90 Å². The number of aryl methyl sites for hydroxylation is 1. The van der Waals surface area contributed by atoms with Crippen molar-refractivity contribution in [2.75, 3.05) is 26.2 Å². The van der Waals surface area contributed by atoms with Gasteiger partial charge in [0.15, 0.2) is 0 Å². The smallest absolute Gasteiger partial charge is 0.220 e. The molecule has 0 bridgehead atoms. The van der Waals surface area contributed by atoms with Crippen molar-refractivity contribution in [3.63, 3.8) is 0 Å². The third kappa shape index (κ3) is 5.05. The molecule has 2 rings (SSSR count). The van der Waals surface area contributed by atoms with Crippen LogP contribution in [-0.4, -0.2) is 42.1 Å². The van der Waals surface area contributed by atoms with E-state index in [1.165, 1.54) is 19.4 Å². The van der Waals surface area contributed by atoms with Crippen molar-refractivity contribution in [1.29, 1.82) is 0 Å². The lowest BCUT2D eigenvalue weighted by Crippen LogP contribution is -2.40. The molecule has 1 aliphatic heterocycles. The summed E-state index contributed by atoms with van der Waals surface area (Å²) in [5.41, 5.74) is 0.836. The lowest BCUT2D eigenvalue weighted by molar-refractivity contribution is -0.121. The predicted octanol–water partition coefficient (Wildman–Crippen LogP) is 2.17. The lowest BCUT2D eigenvalue weighted by atomic mass is 9.98. The van der Waals surface area contributed by atoms with E-state index in [-0.39, 0.29) is 11.7 Å². The van der Waals surface area contributed by atoms with Crippen LogP contribution in [0.25, 0.3) is 0 Å². The zero-order chi connectivity index (χ0) is 15.1. The third-order valence-corrected chi connectivity index (χ3v) is 4.25. The SMILES string of the molecule is CCN1CCC[C@@H](CNC(=O)CCc2ccccc2O)C1. The molecule has 2 N–H and O–H groups in total. The fraction of sp³-hybridized carbons (Fsp3) is 0.588. The number of phenols is 1. The number of nitrogens with zero attached hydrogens (tertiary/aromatic N) is 1. The van der Waals surface area contributed by atoms with E-state index in [0.717, 1.165) is 25.2 Å². The number of carbonyl (C=O) groups excluding carboxylic acids is 1. The van der Waals surface area contributed by atoms with E-state index in [1.807, 2.05) is 12.1 Å². The molecule has 0 saturated carbocycles. The molecule has 116 valence electrons. The number of aromatic hydroxyl groups is 1. The molecule has 1 heterocycles. The maximum absolute atomic E-state index is 11.9. The lowest BCUT2D eigenvalue weighted by Gasteiger charge is -2.31.